The zero-order chi connectivity index (χ0) is 21.2. The molecule has 0 spiro atoms. The molecule has 6 nitrogen and oxygen atoms in total. The number of carbonyl (C=O) groups is 4. The first kappa shape index (κ1) is 17.6. The van der Waals surface area contributed by atoms with Gasteiger partial charge in [-0.2, -0.15) is 0 Å². The quantitative estimate of drug-likeness (QED) is 0.367. The van der Waals surface area contributed by atoms with Gasteiger partial charge >= 0.3 is 23.9 Å². The van der Waals surface area contributed by atoms with E-state index in [2.05, 4.69) is 19.1 Å². The summed E-state index contributed by atoms with van der Waals surface area (Å²) in [6, 6.07) is 8.22. The van der Waals surface area contributed by atoms with Gasteiger partial charge in [0.05, 0.1) is 23.7 Å². The molecule has 0 N–H and O–H groups in total. The van der Waals surface area contributed by atoms with Crippen molar-refractivity contribution in [3.63, 3.8) is 0 Å². The van der Waals surface area contributed by atoms with E-state index in [4.69, 9.17) is 9.47 Å². The van der Waals surface area contributed by atoms with E-state index in [0.717, 1.165) is 23.1 Å². The molecule has 0 radical (unpaired) electrons. The number of esters is 4. The lowest BCUT2D eigenvalue weighted by Gasteiger charge is -2.54. The fraction of sp³-hybridized carbons (Fsp3) is 0.440. The smallest absolute Gasteiger partial charge is 0.318 e. The van der Waals surface area contributed by atoms with Gasteiger partial charge in [0.15, 0.2) is 0 Å². The Bertz CT molecular complexity index is 1170. The molecule has 3 fully saturated rings. The van der Waals surface area contributed by atoms with Crippen molar-refractivity contribution in [3.05, 3.63) is 53.1 Å². The largest absolute Gasteiger partial charge is 0.393 e. The molecular weight excluding hydrogens is 396 g/mol. The van der Waals surface area contributed by atoms with Gasteiger partial charge in [-0.1, -0.05) is 48.9 Å². The SMILES string of the molecule is C[C@H]1C[C@H]2C(=C3[C@@H]([C@@H]4C=C[C@@H]3[C@H]3C(=O)OC(=O)[C@H]43)[C@H]3C(=O)OC(=O)[C@@H]32)c2ccccc21. The van der Waals surface area contributed by atoms with Gasteiger partial charge in [0.1, 0.15) is 0 Å². The Hall–Kier alpha value is -3.02. The van der Waals surface area contributed by atoms with E-state index in [1.807, 2.05) is 24.3 Å². The fourth-order valence-electron chi connectivity index (χ4n) is 7.65. The molecule has 9 atom stereocenters. The van der Waals surface area contributed by atoms with Crippen molar-refractivity contribution in [1.29, 1.82) is 0 Å². The van der Waals surface area contributed by atoms with Gasteiger partial charge in [0.2, 0.25) is 0 Å². The number of rotatable bonds is 0. The highest BCUT2D eigenvalue weighted by molar-refractivity contribution is 6.02. The Balaban J connectivity index is 1.55. The molecule has 2 aliphatic heterocycles. The average molecular weight is 416 g/mol. The zero-order valence-corrected chi connectivity index (χ0v) is 16.8. The van der Waals surface area contributed by atoms with E-state index in [9.17, 15) is 19.2 Å². The predicted molar refractivity (Wildman–Crippen MR) is 106 cm³/mol. The van der Waals surface area contributed by atoms with Crippen LogP contribution >= 0.6 is 0 Å². The lowest BCUT2D eigenvalue weighted by Crippen LogP contribution is -2.53. The third kappa shape index (κ3) is 1.95. The molecule has 0 amide bonds. The molecule has 2 bridgehead atoms. The summed E-state index contributed by atoms with van der Waals surface area (Å²) in [5.41, 5.74) is 4.48. The van der Waals surface area contributed by atoms with Crippen molar-refractivity contribution in [2.45, 2.75) is 19.3 Å². The first-order valence-electron chi connectivity index (χ1n) is 11.0. The van der Waals surface area contributed by atoms with Gasteiger partial charge in [-0.05, 0) is 40.9 Å². The van der Waals surface area contributed by atoms with E-state index >= 15 is 0 Å². The molecule has 6 heteroatoms. The van der Waals surface area contributed by atoms with Crippen LogP contribution in [0.1, 0.15) is 30.4 Å². The minimum Gasteiger partial charge on any atom is -0.393 e. The average Bonchev–Trinajstić information content (AvgIpc) is 3.24. The topological polar surface area (TPSA) is 86.7 Å². The zero-order valence-electron chi connectivity index (χ0n) is 16.8. The van der Waals surface area contributed by atoms with Crippen LogP contribution < -0.4 is 0 Å². The maximum absolute atomic E-state index is 12.9. The second-order valence-corrected chi connectivity index (χ2v) is 9.80. The highest BCUT2D eigenvalue weighted by atomic mass is 16.6. The van der Waals surface area contributed by atoms with Crippen LogP contribution in [0.25, 0.3) is 5.57 Å². The molecule has 1 aromatic rings. The number of hydrogen-bond acceptors (Lipinski definition) is 6. The van der Waals surface area contributed by atoms with Crippen LogP contribution in [0.4, 0.5) is 0 Å². The Morgan fingerprint density at radius 3 is 2.26 bits per heavy atom. The number of fused-ring (bicyclic) bond motifs is 5. The van der Waals surface area contributed by atoms with Crippen molar-refractivity contribution < 1.29 is 28.7 Å². The molecule has 1 saturated carbocycles. The molecule has 5 aliphatic carbocycles. The van der Waals surface area contributed by atoms with Crippen LogP contribution in [0, 0.1) is 47.3 Å². The Labute approximate surface area is 178 Å². The number of cyclic esters (lactones) is 4. The predicted octanol–water partition coefficient (Wildman–Crippen LogP) is 2.64. The molecule has 0 aromatic heterocycles. The summed E-state index contributed by atoms with van der Waals surface area (Å²) in [6.07, 6.45) is 4.74. The van der Waals surface area contributed by atoms with Crippen LogP contribution in [-0.4, -0.2) is 23.9 Å². The number of allylic oxidation sites excluding steroid dienone is 4. The van der Waals surface area contributed by atoms with Crippen molar-refractivity contribution in [2.24, 2.45) is 47.3 Å². The highest BCUT2D eigenvalue weighted by Gasteiger charge is 2.68. The Morgan fingerprint density at radius 1 is 0.774 bits per heavy atom. The van der Waals surface area contributed by atoms with Crippen molar-refractivity contribution in [2.75, 3.05) is 0 Å². The van der Waals surface area contributed by atoms with Crippen molar-refractivity contribution >= 4 is 29.5 Å². The molecule has 156 valence electrons. The standard InChI is InChI=1S/C25H20O6/c1-9-8-14-15(11-5-3-2-4-10(9)11)16-12-6-7-13(19-18(12)22(26)30-23(19)27)17(16)21-20(14)24(28)31-25(21)29/h2-7,9,12-14,17-21H,8H2,1H3/t9-,12-,13-,14-,17+,18+,19+,20+,21+/m0/s1. The van der Waals surface area contributed by atoms with E-state index in [1.165, 1.54) is 5.56 Å². The first-order valence-corrected chi connectivity index (χ1v) is 11.0. The Morgan fingerprint density at radius 2 is 1.45 bits per heavy atom. The molecular formula is C25H20O6. The van der Waals surface area contributed by atoms with Gasteiger partial charge in [0.25, 0.3) is 0 Å². The summed E-state index contributed by atoms with van der Waals surface area (Å²) in [4.78, 5) is 51.0. The van der Waals surface area contributed by atoms with Gasteiger partial charge < -0.3 is 9.47 Å². The molecule has 2 heterocycles. The lowest BCUT2D eigenvalue weighted by atomic mass is 9.46. The van der Waals surface area contributed by atoms with Crippen LogP contribution in [-0.2, 0) is 28.7 Å². The van der Waals surface area contributed by atoms with Gasteiger partial charge in [0, 0.05) is 11.8 Å². The van der Waals surface area contributed by atoms with Crippen molar-refractivity contribution in [1.82, 2.24) is 0 Å². The van der Waals surface area contributed by atoms with Crippen LogP contribution in [0.2, 0.25) is 0 Å². The fourth-order valence-corrected chi connectivity index (χ4v) is 7.65. The van der Waals surface area contributed by atoms with Gasteiger partial charge in [-0.25, -0.2) is 0 Å². The van der Waals surface area contributed by atoms with Crippen LogP contribution in [0.15, 0.2) is 42.0 Å². The highest BCUT2D eigenvalue weighted by Crippen LogP contribution is 2.66. The van der Waals surface area contributed by atoms with E-state index in [1.54, 1.807) is 0 Å². The van der Waals surface area contributed by atoms with Crippen molar-refractivity contribution in [3.8, 4) is 0 Å². The summed E-state index contributed by atoms with van der Waals surface area (Å²) >= 11 is 0. The summed E-state index contributed by atoms with van der Waals surface area (Å²) in [6.45, 7) is 2.15. The lowest BCUT2D eigenvalue weighted by molar-refractivity contribution is -0.156. The van der Waals surface area contributed by atoms with Crippen LogP contribution in [0.3, 0.4) is 0 Å². The minimum absolute atomic E-state index is 0.126. The van der Waals surface area contributed by atoms with Crippen LogP contribution in [0.5, 0.6) is 0 Å². The molecule has 8 rings (SSSR count). The third-order valence-corrected chi connectivity index (χ3v) is 8.63. The summed E-state index contributed by atoms with van der Waals surface area (Å²) in [5, 5.41) is 0. The summed E-state index contributed by atoms with van der Waals surface area (Å²) in [5.74, 6) is -5.00. The van der Waals surface area contributed by atoms with E-state index < -0.39 is 47.5 Å². The molecule has 1 aromatic carbocycles. The molecule has 0 unspecified atom stereocenters. The second kappa shape index (κ2) is 5.61. The number of carbonyl (C=O) groups excluding carboxylic acids is 4. The molecule has 2 saturated heterocycles. The second-order valence-electron chi connectivity index (χ2n) is 9.80. The maximum atomic E-state index is 12.9. The van der Waals surface area contributed by atoms with Gasteiger partial charge in [-0.3, -0.25) is 19.2 Å². The third-order valence-electron chi connectivity index (χ3n) is 8.63. The monoisotopic (exact) mass is 416 g/mol. The molecule has 7 aliphatic rings. The number of ether oxygens (including phenoxy) is 2. The summed E-state index contributed by atoms with van der Waals surface area (Å²) in [7, 11) is 0. The van der Waals surface area contributed by atoms with E-state index in [0.29, 0.717) is 0 Å². The number of hydrogen-bond donors (Lipinski definition) is 0. The Kier molecular flexibility index (Phi) is 3.19. The first-order chi connectivity index (χ1) is 15.0. The molecule has 31 heavy (non-hydrogen) atoms. The van der Waals surface area contributed by atoms with Gasteiger partial charge in [-0.15, -0.1) is 0 Å². The summed E-state index contributed by atoms with van der Waals surface area (Å²) < 4.78 is 10.2. The number of benzene rings is 1. The normalized spacial score (nSPS) is 43.7. The van der Waals surface area contributed by atoms with E-state index in [-0.39, 0.29) is 29.6 Å². The maximum Gasteiger partial charge on any atom is 0.318 e. The minimum atomic E-state index is -0.601.